The van der Waals surface area contributed by atoms with Gasteiger partial charge in [0, 0.05) is 26.2 Å². The summed E-state index contributed by atoms with van der Waals surface area (Å²) < 4.78 is 41.6. The molecule has 156 valence electrons. The summed E-state index contributed by atoms with van der Waals surface area (Å²) in [6.45, 7) is 3.94. The second kappa shape index (κ2) is 9.03. The van der Waals surface area contributed by atoms with Gasteiger partial charge in [-0.15, -0.1) is 0 Å². The molecule has 1 N–H and O–H groups in total. The summed E-state index contributed by atoms with van der Waals surface area (Å²) in [5, 5.41) is 3.97. The first-order valence-electron chi connectivity index (χ1n) is 9.08. The molecule has 4 nitrogen and oxygen atoms in total. The highest BCUT2D eigenvalue weighted by Gasteiger charge is 2.30. The van der Waals surface area contributed by atoms with Crippen LogP contribution in [-0.4, -0.2) is 16.7 Å². The van der Waals surface area contributed by atoms with Gasteiger partial charge in [-0.2, -0.15) is 18.3 Å². The predicted octanol–water partition coefficient (Wildman–Crippen LogP) is 5.41. The molecule has 3 rings (SSSR count). The Morgan fingerprint density at radius 3 is 2.57 bits per heavy atom. The molecule has 0 fully saturated rings. The van der Waals surface area contributed by atoms with Gasteiger partial charge in [-0.3, -0.25) is 4.79 Å². The van der Waals surface area contributed by atoms with Gasteiger partial charge in [-0.1, -0.05) is 24.3 Å². The average molecular weight is 525 g/mol. The molecule has 0 aliphatic carbocycles. The minimum absolute atomic E-state index is 0.192. The maximum Gasteiger partial charge on any atom is 0.416 e. The summed E-state index contributed by atoms with van der Waals surface area (Å²) in [6.07, 6.45) is -3.09. The van der Waals surface area contributed by atoms with E-state index < -0.39 is 17.6 Å². The molecule has 0 spiro atoms. The number of carbonyl (C=O) groups excluding carboxylic acids is 1. The van der Waals surface area contributed by atoms with E-state index in [0.717, 1.165) is 38.3 Å². The Morgan fingerprint density at radius 2 is 1.87 bits per heavy atom. The number of amides is 1. The Morgan fingerprint density at radius 1 is 1.13 bits per heavy atom. The fourth-order valence-electron chi connectivity index (χ4n) is 3.19. The highest BCUT2D eigenvalue weighted by atomic mass is 127. The molecule has 0 saturated carbocycles. The molecule has 3 aromatic rings. The number of nitrogens with zero attached hydrogens (tertiary/aromatic N) is 2. The fourth-order valence-corrected chi connectivity index (χ4v) is 3.71. The van der Waals surface area contributed by atoms with E-state index in [2.05, 4.69) is 43.8 Å². The molecule has 0 bridgehead atoms. The molecule has 0 atom stereocenters. The molecule has 0 radical (unpaired) electrons. The lowest BCUT2D eigenvalue weighted by atomic mass is 10.1. The normalized spacial score (nSPS) is 11.8. The number of hydrazone groups is 1. The van der Waals surface area contributed by atoms with Crippen molar-refractivity contribution in [2.24, 2.45) is 5.10 Å². The van der Waals surface area contributed by atoms with Gasteiger partial charge in [-0.25, -0.2) is 5.43 Å². The van der Waals surface area contributed by atoms with E-state index in [1.807, 2.05) is 38.1 Å². The molecule has 2 aromatic carbocycles. The topological polar surface area (TPSA) is 46.4 Å². The van der Waals surface area contributed by atoms with Gasteiger partial charge in [0.2, 0.25) is 5.91 Å². The number of hydrogen-bond donors (Lipinski definition) is 1. The van der Waals surface area contributed by atoms with Crippen molar-refractivity contribution >= 4 is 34.7 Å². The third kappa shape index (κ3) is 5.29. The Labute approximate surface area is 185 Å². The lowest BCUT2D eigenvalue weighted by Crippen LogP contribution is -2.20. The third-order valence-corrected chi connectivity index (χ3v) is 5.22. The molecular formula is C22H19F3IN3O. The molecule has 1 aromatic heterocycles. The van der Waals surface area contributed by atoms with Crippen molar-refractivity contribution in [2.75, 3.05) is 0 Å². The van der Waals surface area contributed by atoms with Crippen molar-refractivity contribution in [1.82, 2.24) is 9.99 Å². The van der Waals surface area contributed by atoms with Crippen molar-refractivity contribution < 1.29 is 18.0 Å². The number of halogens is 4. The van der Waals surface area contributed by atoms with Crippen LogP contribution in [0.15, 0.2) is 59.7 Å². The first-order chi connectivity index (χ1) is 14.1. The number of aromatic nitrogens is 1. The van der Waals surface area contributed by atoms with E-state index in [-0.39, 0.29) is 12.0 Å². The first kappa shape index (κ1) is 22.1. The predicted molar refractivity (Wildman–Crippen MR) is 119 cm³/mol. The molecule has 30 heavy (non-hydrogen) atoms. The summed E-state index contributed by atoms with van der Waals surface area (Å²) in [5.41, 5.74) is 5.73. The Hall–Kier alpha value is -2.62. The monoisotopic (exact) mass is 525 g/mol. The van der Waals surface area contributed by atoms with Crippen LogP contribution in [-0.2, 0) is 17.4 Å². The Bertz CT molecular complexity index is 1100. The van der Waals surface area contributed by atoms with Crippen LogP contribution in [0.25, 0.3) is 5.69 Å². The highest BCUT2D eigenvalue weighted by molar-refractivity contribution is 14.1. The number of hydrogen-bond acceptors (Lipinski definition) is 2. The Balaban J connectivity index is 1.69. The number of nitrogens with one attached hydrogen (secondary N) is 1. The van der Waals surface area contributed by atoms with Crippen LogP contribution >= 0.6 is 22.6 Å². The van der Waals surface area contributed by atoms with Gasteiger partial charge < -0.3 is 4.57 Å². The summed E-state index contributed by atoms with van der Waals surface area (Å²) >= 11 is 2.26. The number of alkyl halides is 3. The van der Waals surface area contributed by atoms with Crippen LogP contribution in [0.5, 0.6) is 0 Å². The van der Waals surface area contributed by atoms with Crippen LogP contribution in [0.1, 0.15) is 28.1 Å². The van der Waals surface area contributed by atoms with Crippen molar-refractivity contribution in [1.29, 1.82) is 0 Å². The van der Waals surface area contributed by atoms with Gasteiger partial charge in [0.05, 0.1) is 18.2 Å². The second-order valence-corrected chi connectivity index (χ2v) is 8.06. The van der Waals surface area contributed by atoms with E-state index >= 15 is 0 Å². The minimum atomic E-state index is -4.44. The molecule has 0 aliphatic rings. The summed E-state index contributed by atoms with van der Waals surface area (Å²) in [5.74, 6) is -0.489. The maximum atomic E-state index is 12.8. The highest BCUT2D eigenvalue weighted by Crippen LogP contribution is 2.29. The quantitative estimate of drug-likeness (QED) is 0.271. The van der Waals surface area contributed by atoms with Crippen LogP contribution in [0.2, 0.25) is 0 Å². The third-order valence-electron chi connectivity index (χ3n) is 4.55. The molecule has 0 saturated heterocycles. The molecular weight excluding hydrogens is 506 g/mol. The van der Waals surface area contributed by atoms with Crippen LogP contribution in [0, 0.1) is 17.4 Å². The van der Waals surface area contributed by atoms with Crippen molar-refractivity contribution in [3.8, 4) is 5.69 Å². The molecule has 0 unspecified atom stereocenters. The second-order valence-electron chi connectivity index (χ2n) is 6.81. The zero-order chi connectivity index (χ0) is 21.9. The first-order valence-corrected chi connectivity index (χ1v) is 10.2. The average Bonchev–Trinajstić information content (AvgIpc) is 2.94. The summed E-state index contributed by atoms with van der Waals surface area (Å²) in [6, 6.07) is 14.7. The zero-order valence-electron chi connectivity index (χ0n) is 16.3. The molecule has 8 heteroatoms. The summed E-state index contributed by atoms with van der Waals surface area (Å²) in [7, 11) is 0. The van der Waals surface area contributed by atoms with Crippen molar-refractivity contribution in [3.05, 3.63) is 86.2 Å². The molecule has 1 amide bonds. The van der Waals surface area contributed by atoms with E-state index in [1.54, 1.807) is 0 Å². The molecule has 1 heterocycles. The van der Waals surface area contributed by atoms with Crippen LogP contribution < -0.4 is 5.43 Å². The SMILES string of the molecule is Cc1cc(/C=N/NC(=O)Cc2cccc(C(F)(F)F)c2)c(C)n1-c1cccc(I)c1. The molecule has 0 aliphatic heterocycles. The van der Waals surface area contributed by atoms with Gasteiger partial charge in [0.1, 0.15) is 0 Å². The van der Waals surface area contributed by atoms with E-state index in [0.29, 0.717) is 0 Å². The van der Waals surface area contributed by atoms with E-state index in [4.69, 9.17) is 0 Å². The minimum Gasteiger partial charge on any atom is -0.318 e. The van der Waals surface area contributed by atoms with Crippen molar-refractivity contribution in [3.63, 3.8) is 0 Å². The van der Waals surface area contributed by atoms with Gasteiger partial charge in [-0.05, 0) is 72.3 Å². The largest absolute Gasteiger partial charge is 0.416 e. The van der Waals surface area contributed by atoms with Gasteiger partial charge in [0.25, 0.3) is 0 Å². The fraction of sp³-hybridized carbons (Fsp3) is 0.182. The van der Waals surface area contributed by atoms with Gasteiger partial charge >= 0.3 is 6.18 Å². The number of aryl methyl sites for hydroxylation is 1. The van der Waals surface area contributed by atoms with E-state index in [9.17, 15) is 18.0 Å². The van der Waals surface area contributed by atoms with E-state index in [1.165, 1.54) is 18.3 Å². The van der Waals surface area contributed by atoms with Crippen molar-refractivity contribution in [2.45, 2.75) is 26.4 Å². The smallest absolute Gasteiger partial charge is 0.318 e. The summed E-state index contributed by atoms with van der Waals surface area (Å²) in [4.78, 5) is 12.1. The van der Waals surface area contributed by atoms with Gasteiger partial charge in [0.15, 0.2) is 0 Å². The maximum absolute atomic E-state index is 12.8. The number of benzene rings is 2. The lowest BCUT2D eigenvalue weighted by molar-refractivity contribution is -0.137. The number of rotatable bonds is 5. The standard InChI is InChI=1S/C22H19F3IN3O/c1-14-9-17(15(2)29(14)20-8-4-7-19(26)12-20)13-27-28-21(30)11-16-5-3-6-18(10-16)22(23,24)25/h3-10,12-13H,11H2,1-2H3,(H,28,30)/b27-13+. The van der Waals surface area contributed by atoms with Crippen LogP contribution in [0.3, 0.4) is 0 Å². The number of carbonyl (C=O) groups is 1. The zero-order valence-corrected chi connectivity index (χ0v) is 18.5. The Kier molecular flexibility index (Phi) is 6.64. The van der Waals surface area contributed by atoms with Crippen LogP contribution in [0.4, 0.5) is 13.2 Å². The lowest BCUT2D eigenvalue weighted by Gasteiger charge is -2.10.